The highest BCUT2D eigenvalue weighted by atomic mass is 16.5. The van der Waals surface area contributed by atoms with Crippen molar-refractivity contribution in [2.75, 3.05) is 14.7 Å². The van der Waals surface area contributed by atoms with E-state index in [-0.39, 0.29) is 45.9 Å². The minimum absolute atomic E-state index is 0.193. The molecule has 131 heavy (non-hydrogen) atoms. The maximum atomic E-state index is 8.46. The van der Waals surface area contributed by atoms with Crippen LogP contribution in [0.25, 0.3) is 100 Å². The lowest BCUT2D eigenvalue weighted by Crippen LogP contribution is -2.64. The molecule has 0 spiro atoms. The third-order valence-corrected chi connectivity index (χ3v) is 28.8. The number of para-hydroxylation sites is 2. The van der Waals surface area contributed by atoms with Crippen molar-refractivity contribution in [3.8, 4) is 112 Å². The van der Waals surface area contributed by atoms with Gasteiger partial charge in [-0.3, -0.25) is 0 Å². The molecule has 1 aliphatic carbocycles. The van der Waals surface area contributed by atoms with Crippen LogP contribution < -0.4 is 52.2 Å². The number of fused-ring (bicyclic) bond motifs is 11. The molecular weight excluding hydrogens is 1580 g/mol. The van der Waals surface area contributed by atoms with Crippen molar-refractivity contribution in [3.05, 3.63) is 403 Å². The molecule has 17 aromatic carbocycles. The lowest BCUT2D eigenvalue weighted by atomic mass is 9.30. The predicted octanol–water partition coefficient (Wildman–Crippen LogP) is 30.3. The van der Waals surface area contributed by atoms with E-state index in [0.29, 0.717) is 0 Å². The Labute approximate surface area is 776 Å². The molecular formula is C125H111B2N3O. The van der Waals surface area contributed by atoms with Gasteiger partial charge < -0.3 is 19.4 Å². The fourth-order valence-electron chi connectivity index (χ4n) is 21.9. The first-order chi connectivity index (χ1) is 62.9. The minimum Gasteiger partial charge on any atom is -0.458 e. The normalized spacial score (nSPS) is 13.9. The van der Waals surface area contributed by atoms with Gasteiger partial charge in [-0.05, 0) is 238 Å². The van der Waals surface area contributed by atoms with E-state index in [1.807, 2.05) is 0 Å². The molecule has 6 heteroatoms. The highest BCUT2D eigenvalue weighted by molar-refractivity contribution is 7.02. The van der Waals surface area contributed by atoms with E-state index in [2.05, 4.69) is 496 Å². The summed E-state index contributed by atoms with van der Waals surface area (Å²) in [6.45, 7) is 39.7. The number of ether oxygens (including phenoxy) is 1. The van der Waals surface area contributed by atoms with Crippen LogP contribution in [0.15, 0.2) is 364 Å². The van der Waals surface area contributed by atoms with Crippen molar-refractivity contribution in [1.29, 1.82) is 0 Å². The number of rotatable bonds is 11. The summed E-state index contributed by atoms with van der Waals surface area (Å²) in [6.07, 6.45) is 0. The molecule has 638 valence electrons. The molecule has 4 nitrogen and oxygen atoms in total. The quantitative estimate of drug-likeness (QED) is 0.120. The molecule has 0 unspecified atom stereocenters. The summed E-state index contributed by atoms with van der Waals surface area (Å²) < 4.78 is 8.46. The van der Waals surface area contributed by atoms with Crippen molar-refractivity contribution < 1.29 is 4.74 Å². The predicted molar refractivity (Wildman–Crippen MR) is 561 cm³/mol. The first kappa shape index (κ1) is 82.7. The van der Waals surface area contributed by atoms with Gasteiger partial charge >= 0.3 is 0 Å². The zero-order chi connectivity index (χ0) is 90.3. The van der Waals surface area contributed by atoms with Gasteiger partial charge in [-0.2, -0.15) is 0 Å². The maximum absolute atomic E-state index is 8.46. The summed E-state index contributed by atoms with van der Waals surface area (Å²) in [5, 5.41) is 0. The summed E-state index contributed by atoms with van der Waals surface area (Å²) in [7, 11) is 0. The highest BCUT2D eigenvalue weighted by Crippen LogP contribution is 2.60. The molecule has 17 aromatic rings. The molecule has 5 aliphatic rings. The van der Waals surface area contributed by atoms with E-state index in [9.17, 15) is 0 Å². The Bertz CT molecular complexity index is 7250. The first-order valence-electron chi connectivity index (χ1n) is 47.0. The largest absolute Gasteiger partial charge is 0.458 e. The summed E-state index contributed by atoms with van der Waals surface area (Å²) in [5.74, 6) is 1.65. The molecule has 0 N–H and O–H groups in total. The third kappa shape index (κ3) is 13.8. The number of nitrogens with zero attached hydrogens (tertiary/aromatic N) is 3. The lowest BCUT2D eigenvalue weighted by molar-refractivity contribution is 0.488. The fourth-order valence-corrected chi connectivity index (χ4v) is 21.9. The van der Waals surface area contributed by atoms with Crippen LogP contribution in [0.4, 0.5) is 51.2 Å². The lowest BCUT2D eigenvalue weighted by Gasteiger charge is -2.47. The van der Waals surface area contributed by atoms with Crippen LogP contribution in [0, 0.1) is 0 Å². The van der Waals surface area contributed by atoms with E-state index in [4.69, 9.17) is 4.74 Å². The van der Waals surface area contributed by atoms with Gasteiger partial charge in [0.1, 0.15) is 11.5 Å². The smallest absolute Gasteiger partial charge is 0.256 e. The number of benzene rings is 17. The molecule has 0 amide bonds. The van der Waals surface area contributed by atoms with Crippen LogP contribution in [0.1, 0.15) is 157 Å². The second-order valence-electron chi connectivity index (χ2n) is 42.8. The Hall–Kier alpha value is -13.9. The molecule has 22 rings (SSSR count). The second-order valence-corrected chi connectivity index (χ2v) is 42.8. The van der Waals surface area contributed by atoms with Gasteiger partial charge in [0.05, 0.1) is 17.1 Å². The molecule has 0 atom stereocenters. The molecule has 0 aromatic heterocycles. The van der Waals surface area contributed by atoms with Crippen LogP contribution >= 0.6 is 0 Å². The number of anilines is 9. The van der Waals surface area contributed by atoms with Crippen molar-refractivity contribution in [2.24, 2.45) is 0 Å². The zero-order valence-corrected chi connectivity index (χ0v) is 78.5. The summed E-state index contributed by atoms with van der Waals surface area (Å²) in [5.41, 5.74) is 45.5. The topological polar surface area (TPSA) is 19.0 Å². The van der Waals surface area contributed by atoms with Crippen LogP contribution in [0.5, 0.6) is 11.5 Å². The van der Waals surface area contributed by atoms with E-state index < -0.39 is 0 Å². The van der Waals surface area contributed by atoms with E-state index in [1.165, 1.54) is 83.0 Å². The standard InChI is InChI=1S/C125H111B2N3O/c1-120(2,3)87-63-84(64-88(69-87)121(4,5)6)85-65-109-115-110(66-85)130(119-99(82-51-32-22-33-52-82)74-91(124(13,14)15)75-100(119)83-53-34-23-35-54-83)108-77-112-105(76-104(108)126(115)102-59-38-40-61-106(102)128(109)117-95(78-43-24-18-25-44-78)70-89(122(7,8)9)71-96(117)79-45-26-19-27-46-79)127-103-60-39-41-62-107(103)129(118-97(80-47-28-20-29-48-80)72-90(123(10,11)12)73-98(118)81-49-30-21-31-50-81)111-67-86(68-113(131-112)116(111)127)92-56-42-57-94-93-55-36-37-58-101(93)125(16,17)114(92)94/h18-77H,1-17H3. The maximum Gasteiger partial charge on any atom is 0.256 e. The van der Waals surface area contributed by atoms with Gasteiger partial charge in [-0.1, -0.05) is 403 Å². The molecule has 0 radical (unpaired) electrons. The van der Waals surface area contributed by atoms with Crippen molar-refractivity contribution >= 4 is 97.4 Å². The van der Waals surface area contributed by atoms with Crippen molar-refractivity contribution in [3.63, 3.8) is 0 Å². The highest BCUT2D eigenvalue weighted by Gasteiger charge is 2.51. The summed E-state index contributed by atoms with van der Waals surface area (Å²) in [4.78, 5) is 8.13. The first-order valence-corrected chi connectivity index (χ1v) is 47.0. The van der Waals surface area contributed by atoms with E-state index in [1.54, 1.807) is 0 Å². The number of hydrogen-bond donors (Lipinski definition) is 0. The zero-order valence-electron chi connectivity index (χ0n) is 78.5. The van der Waals surface area contributed by atoms with Crippen LogP contribution in [0.2, 0.25) is 0 Å². The molecule has 0 bridgehead atoms. The molecule has 0 saturated carbocycles. The van der Waals surface area contributed by atoms with Crippen LogP contribution in [-0.2, 0) is 32.5 Å². The van der Waals surface area contributed by atoms with Gasteiger partial charge in [0.15, 0.2) is 0 Å². The van der Waals surface area contributed by atoms with E-state index >= 15 is 0 Å². The van der Waals surface area contributed by atoms with Crippen LogP contribution in [-0.4, -0.2) is 13.4 Å². The molecule has 0 saturated heterocycles. The van der Waals surface area contributed by atoms with Crippen molar-refractivity contribution in [2.45, 2.75) is 150 Å². The van der Waals surface area contributed by atoms with E-state index in [0.717, 1.165) is 151 Å². The molecule has 0 fully saturated rings. The van der Waals surface area contributed by atoms with Gasteiger partial charge in [0.25, 0.3) is 13.4 Å². The Balaban J connectivity index is 0.906. The van der Waals surface area contributed by atoms with Gasteiger partial charge in [-0.15, -0.1) is 0 Å². The SMILES string of the molecule is CC(C)(C)c1cc(-c2cc3c4c(c2)N(c2c(-c5ccccc5)cc(C(C)(C)C)cc2-c2ccccc2)c2cc5c(cc2B4c2ccccc2N3c2c(-c3ccccc3)cc(C(C)(C)C)cc2-c2ccccc2)B2c3ccccc3N(c3c(-c4ccccc4)cc(C(C)(C)C)cc3-c3ccccc3)c3cc(-c4cccc6c4C(C)(C)c4ccccc4-6)cc(c32)O5)cc(C(C)(C)C)c1. The second kappa shape index (κ2) is 30.6. The Kier molecular flexibility index (Phi) is 19.3. The fraction of sp³-hybridized carbons (Fsp3) is 0.184. The monoisotopic (exact) mass is 1690 g/mol. The van der Waals surface area contributed by atoms with Crippen molar-refractivity contribution in [1.82, 2.24) is 0 Å². The Morgan fingerprint density at radius 1 is 0.214 bits per heavy atom. The minimum atomic E-state index is -0.345. The average molecular weight is 1690 g/mol. The van der Waals surface area contributed by atoms with Gasteiger partial charge in [0.2, 0.25) is 0 Å². The number of hydrogen-bond acceptors (Lipinski definition) is 4. The van der Waals surface area contributed by atoms with Gasteiger partial charge in [0, 0.05) is 79.0 Å². The van der Waals surface area contributed by atoms with Gasteiger partial charge in [-0.25, -0.2) is 0 Å². The van der Waals surface area contributed by atoms with Crippen LogP contribution in [0.3, 0.4) is 0 Å². The average Bonchev–Trinajstić information content (AvgIpc) is 1.25. The summed E-state index contributed by atoms with van der Waals surface area (Å²) >= 11 is 0. The summed E-state index contributed by atoms with van der Waals surface area (Å²) in [6, 6.07) is 140. The Morgan fingerprint density at radius 2 is 0.527 bits per heavy atom. The Morgan fingerprint density at radius 3 is 0.924 bits per heavy atom. The molecule has 4 heterocycles. The third-order valence-electron chi connectivity index (χ3n) is 28.8. The molecule has 4 aliphatic heterocycles.